The second-order valence-electron chi connectivity index (χ2n) is 5.90. The quantitative estimate of drug-likeness (QED) is 0.884. The van der Waals surface area contributed by atoms with E-state index < -0.39 is 0 Å². The molecule has 1 aromatic rings. The number of hydrogen-bond acceptors (Lipinski definition) is 2. The molecule has 3 heteroatoms. The zero-order valence-electron chi connectivity index (χ0n) is 12.0. The Morgan fingerprint density at radius 2 is 1.68 bits per heavy atom. The number of fused-ring (bicyclic) bond motifs is 2. The number of nitrogens with two attached hydrogens (primary N) is 1. The zero-order valence-corrected chi connectivity index (χ0v) is 12.0. The first-order chi connectivity index (χ1) is 9.29. The van der Waals surface area contributed by atoms with Crippen molar-refractivity contribution in [1.29, 1.82) is 0 Å². The van der Waals surface area contributed by atoms with Crippen molar-refractivity contribution >= 4 is 0 Å². The van der Waals surface area contributed by atoms with Crippen LogP contribution in [0.4, 0.5) is 0 Å². The van der Waals surface area contributed by atoms with Gasteiger partial charge >= 0.3 is 0 Å². The van der Waals surface area contributed by atoms with Crippen LogP contribution in [0.1, 0.15) is 43.2 Å². The van der Waals surface area contributed by atoms with Gasteiger partial charge in [-0.1, -0.05) is 19.3 Å². The minimum Gasteiger partial charge on any atom is -0.493 e. The summed E-state index contributed by atoms with van der Waals surface area (Å²) in [5.74, 6) is 1.75. The molecule has 0 unspecified atom stereocenters. The van der Waals surface area contributed by atoms with Crippen LogP contribution in [0.15, 0.2) is 12.1 Å². The average Bonchev–Trinajstić information content (AvgIpc) is 2.47. The Kier molecular flexibility index (Phi) is 3.40. The fourth-order valence-corrected chi connectivity index (χ4v) is 3.90. The maximum Gasteiger partial charge on any atom is 0.161 e. The first-order valence-electron chi connectivity index (χ1n) is 7.36. The molecular weight excluding hydrogens is 238 g/mol. The summed E-state index contributed by atoms with van der Waals surface area (Å²) in [6.07, 6.45) is 6.77. The first kappa shape index (κ1) is 12.8. The molecule has 0 bridgehead atoms. The van der Waals surface area contributed by atoms with Crippen LogP contribution in [0.2, 0.25) is 0 Å². The Morgan fingerprint density at radius 1 is 1.00 bits per heavy atom. The molecule has 0 atom stereocenters. The van der Waals surface area contributed by atoms with Gasteiger partial charge in [-0.2, -0.15) is 0 Å². The predicted octanol–water partition coefficient (Wildman–Crippen LogP) is 1.98. The standard InChI is InChI=1S/C16H23NO2/c1-18-14-8-12-10-17-11-16(6-4-3-5-7-16)13(12)9-15(14)19-2/h8-9,17H,3-7,10-11H2,1-2H3/p+1. The van der Waals surface area contributed by atoms with Crippen molar-refractivity contribution in [1.82, 2.24) is 0 Å². The minimum absolute atomic E-state index is 0.380. The Bertz CT molecular complexity index is 464. The largest absolute Gasteiger partial charge is 0.493 e. The van der Waals surface area contributed by atoms with Gasteiger partial charge in [0.05, 0.1) is 20.8 Å². The SMILES string of the molecule is COc1cc2c(cc1OC)C1(CCCCC1)C[NH2+]C2. The Morgan fingerprint density at radius 3 is 2.37 bits per heavy atom. The lowest BCUT2D eigenvalue weighted by molar-refractivity contribution is -0.682. The highest BCUT2D eigenvalue weighted by Gasteiger charge is 2.40. The van der Waals surface area contributed by atoms with E-state index in [1.807, 2.05) is 0 Å². The van der Waals surface area contributed by atoms with Gasteiger partial charge in [-0.3, -0.25) is 0 Å². The molecule has 1 heterocycles. The van der Waals surface area contributed by atoms with Crippen LogP contribution in [0.3, 0.4) is 0 Å². The predicted molar refractivity (Wildman–Crippen MR) is 74.8 cm³/mol. The lowest BCUT2D eigenvalue weighted by Gasteiger charge is -2.40. The number of methoxy groups -OCH3 is 2. The topological polar surface area (TPSA) is 35.1 Å². The monoisotopic (exact) mass is 262 g/mol. The van der Waals surface area contributed by atoms with Gasteiger partial charge < -0.3 is 14.8 Å². The van der Waals surface area contributed by atoms with Crippen molar-refractivity contribution in [2.45, 2.75) is 44.1 Å². The van der Waals surface area contributed by atoms with Crippen LogP contribution < -0.4 is 14.8 Å². The summed E-state index contributed by atoms with van der Waals surface area (Å²) in [6.45, 7) is 2.30. The Hall–Kier alpha value is -1.22. The second-order valence-corrected chi connectivity index (χ2v) is 5.90. The Labute approximate surface area is 115 Å². The van der Waals surface area contributed by atoms with Crippen molar-refractivity contribution in [3.63, 3.8) is 0 Å². The molecule has 2 aliphatic rings. The van der Waals surface area contributed by atoms with Crippen LogP contribution in [0.25, 0.3) is 0 Å². The average molecular weight is 262 g/mol. The highest BCUT2D eigenvalue weighted by Crippen LogP contribution is 2.44. The lowest BCUT2D eigenvalue weighted by Crippen LogP contribution is -2.88. The van der Waals surface area contributed by atoms with E-state index in [2.05, 4.69) is 17.4 Å². The Balaban J connectivity index is 2.08. The van der Waals surface area contributed by atoms with E-state index >= 15 is 0 Å². The third-order valence-electron chi connectivity index (χ3n) is 4.89. The van der Waals surface area contributed by atoms with E-state index in [0.29, 0.717) is 5.41 Å². The molecule has 1 aromatic carbocycles. The van der Waals surface area contributed by atoms with E-state index in [9.17, 15) is 0 Å². The molecule has 1 saturated carbocycles. The summed E-state index contributed by atoms with van der Waals surface area (Å²) < 4.78 is 10.9. The minimum atomic E-state index is 0.380. The molecule has 1 fully saturated rings. The van der Waals surface area contributed by atoms with Gasteiger partial charge in [-0.25, -0.2) is 0 Å². The molecule has 104 valence electrons. The van der Waals surface area contributed by atoms with Crippen molar-refractivity contribution in [2.75, 3.05) is 20.8 Å². The summed E-state index contributed by atoms with van der Waals surface area (Å²) in [6, 6.07) is 4.42. The molecule has 3 rings (SSSR count). The van der Waals surface area contributed by atoms with E-state index in [1.54, 1.807) is 14.2 Å². The summed E-state index contributed by atoms with van der Waals surface area (Å²) in [5, 5.41) is 2.46. The van der Waals surface area contributed by atoms with Crippen molar-refractivity contribution < 1.29 is 14.8 Å². The van der Waals surface area contributed by atoms with Crippen molar-refractivity contribution in [3.8, 4) is 11.5 Å². The molecule has 0 aromatic heterocycles. The van der Waals surface area contributed by atoms with Gasteiger partial charge in [-0.05, 0) is 30.5 Å². The highest BCUT2D eigenvalue weighted by molar-refractivity contribution is 5.50. The molecule has 1 aliphatic heterocycles. The fourth-order valence-electron chi connectivity index (χ4n) is 3.90. The summed E-state index contributed by atoms with van der Waals surface area (Å²) in [7, 11) is 3.44. The number of rotatable bonds is 2. The summed E-state index contributed by atoms with van der Waals surface area (Å²) in [5.41, 5.74) is 3.34. The molecule has 3 nitrogen and oxygen atoms in total. The van der Waals surface area contributed by atoms with Crippen molar-refractivity contribution in [3.05, 3.63) is 23.3 Å². The normalized spacial score (nSPS) is 20.9. The number of quaternary nitrogens is 1. The van der Waals surface area contributed by atoms with Gasteiger partial charge in [-0.15, -0.1) is 0 Å². The van der Waals surface area contributed by atoms with Crippen LogP contribution >= 0.6 is 0 Å². The van der Waals surface area contributed by atoms with E-state index in [-0.39, 0.29) is 0 Å². The third kappa shape index (κ3) is 2.10. The fraction of sp³-hybridized carbons (Fsp3) is 0.625. The smallest absolute Gasteiger partial charge is 0.161 e. The highest BCUT2D eigenvalue weighted by atomic mass is 16.5. The van der Waals surface area contributed by atoms with E-state index in [1.165, 1.54) is 49.8 Å². The molecule has 0 radical (unpaired) electrons. The zero-order chi connectivity index (χ0) is 13.3. The summed E-state index contributed by atoms with van der Waals surface area (Å²) in [4.78, 5) is 0. The van der Waals surface area contributed by atoms with Crippen LogP contribution in [-0.2, 0) is 12.0 Å². The van der Waals surface area contributed by atoms with Gasteiger partial charge in [0.1, 0.15) is 6.54 Å². The van der Waals surface area contributed by atoms with Gasteiger partial charge in [0.2, 0.25) is 0 Å². The third-order valence-corrected chi connectivity index (χ3v) is 4.89. The van der Waals surface area contributed by atoms with Gasteiger partial charge in [0.15, 0.2) is 11.5 Å². The summed E-state index contributed by atoms with van der Waals surface area (Å²) >= 11 is 0. The van der Waals surface area contributed by atoms with E-state index in [4.69, 9.17) is 9.47 Å². The number of benzene rings is 1. The molecule has 2 N–H and O–H groups in total. The van der Waals surface area contributed by atoms with E-state index in [0.717, 1.165) is 18.0 Å². The molecule has 0 saturated heterocycles. The van der Waals surface area contributed by atoms with Crippen LogP contribution in [-0.4, -0.2) is 20.8 Å². The first-order valence-corrected chi connectivity index (χ1v) is 7.36. The second kappa shape index (κ2) is 5.04. The van der Waals surface area contributed by atoms with Crippen molar-refractivity contribution in [2.24, 2.45) is 0 Å². The molecule has 19 heavy (non-hydrogen) atoms. The molecular formula is C16H24NO2+. The van der Waals surface area contributed by atoms with Gasteiger partial charge in [0, 0.05) is 11.0 Å². The number of hydrogen-bond donors (Lipinski definition) is 1. The molecule has 1 spiro atoms. The number of ether oxygens (including phenoxy) is 2. The van der Waals surface area contributed by atoms with Gasteiger partial charge in [0.25, 0.3) is 0 Å². The lowest BCUT2D eigenvalue weighted by atomic mass is 9.66. The molecule has 0 amide bonds. The molecule has 1 aliphatic carbocycles. The van der Waals surface area contributed by atoms with Crippen LogP contribution in [0, 0.1) is 0 Å². The maximum atomic E-state index is 5.50. The van der Waals surface area contributed by atoms with Crippen LogP contribution in [0.5, 0.6) is 11.5 Å². The maximum absolute atomic E-state index is 5.50.